The molecule has 0 saturated heterocycles. The van der Waals surface area contributed by atoms with Crippen LogP contribution >= 0.6 is 0 Å². The molecule has 1 N–H and O–H groups in total. The average molecular weight is 430 g/mol. The van der Waals surface area contributed by atoms with Crippen molar-refractivity contribution in [2.45, 2.75) is 38.6 Å². The number of aromatic nitrogens is 3. The quantitative estimate of drug-likeness (QED) is 0.647. The van der Waals surface area contributed by atoms with Crippen molar-refractivity contribution < 1.29 is 9.59 Å². The molecular weight excluding hydrogens is 402 g/mol. The molecule has 1 fully saturated rings. The van der Waals surface area contributed by atoms with Gasteiger partial charge in [-0.2, -0.15) is 5.10 Å². The number of anilines is 1. The molecule has 7 nitrogen and oxygen atoms in total. The summed E-state index contributed by atoms with van der Waals surface area (Å²) in [5.74, 6) is 0.951. The van der Waals surface area contributed by atoms with Crippen LogP contribution in [0.5, 0.6) is 0 Å². The van der Waals surface area contributed by atoms with Crippen molar-refractivity contribution in [2.24, 2.45) is 5.92 Å². The molecule has 164 valence electrons. The number of nitrogens with zero attached hydrogens (tertiary/aromatic N) is 4. The van der Waals surface area contributed by atoms with Gasteiger partial charge in [0.1, 0.15) is 6.33 Å². The molecule has 0 unspecified atom stereocenters. The number of nitrogens with one attached hydrogen (secondary N) is 1. The first-order valence-corrected chi connectivity index (χ1v) is 11.2. The number of carbonyl (C=O) groups is 2. The fraction of sp³-hybridized carbons (Fsp3) is 0.360. The van der Waals surface area contributed by atoms with Crippen LogP contribution in [-0.4, -0.2) is 39.7 Å². The molecule has 0 radical (unpaired) electrons. The van der Waals surface area contributed by atoms with Gasteiger partial charge in [-0.25, -0.2) is 4.98 Å². The predicted molar refractivity (Wildman–Crippen MR) is 122 cm³/mol. The van der Waals surface area contributed by atoms with Crippen molar-refractivity contribution in [3.63, 3.8) is 0 Å². The smallest absolute Gasteiger partial charge is 0.258 e. The largest absolute Gasteiger partial charge is 0.352 e. The fourth-order valence-electron chi connectivity index (χ4n) is 4.11. The molecule has 2 aromatic carbocycles. The Labute approximate surface area is 187 Å². The molecule has 0 spiro atoms. The van der Waals surface area contributed by atoms with Crippen LogP contribution in [0, 0.1) is 5.92 Å². The van der Waals surface area contributed by atoms with Crippen LogP contribution in [-0.2, 0) is 0 Å². The van der Waals surface area contributed by atoms with Crippen molar-refractivity contribution in [3.05, 3.63) is 77.4 Å². The van der Waals surface area contributed by atoms with E-state index in [1.54, 1.807) is 17.3 Å². The third kappa shape index (κ3) is 3.90. The molecule has 2 amide bonds. The monoisotopic (exact) mass is 429 g/mol. The van der Waals surface area contributed by atoms with Crippen molar-refractivity contribution in [3.8, 4) is 0 Å². The Bertz CT molecular complexity index is 1150. The van der Waals surface area contributed by atoms with Crippen molar-refractivity contribution in [1.29, 1.82) is 0 Å². The standard InChI is InChI=1S/C25H27N5O2/c1-16(2)30-15-27-23(28-30)21-14-29(25(32)18-6-4-3-5-7-18)22-11-10-19(12-20(21)22)24(31)26-13-17-8-9-17/h3-7,10-12,15-17,21H,8-9,13-14H2,1-2H3,(H,26,31)/t21-/m0/s1. The topological polar surface area (TPSA) is 80.1 Å². The summed E-state index contributed by atoms with van der Waals surface area (Å²) < 4.78 is 1.82. The van der Waals surface area contributed by atoms with Crippen LogP contribution in [0.25, 0.3) is 0 Å². The van der Waals surface area contributed by atoms with Crippen LogP contribution in [0.4, 0.5) is 5.69 Å². The van der Waals surface area contributed by atoms with Crippen LogP contribution in [0.15, 0.2) is 54.9 Å². The van der Waals surface area contributed by atoms with Gasteiger partial charge in [-0.05, 0) is 68.5 Å². The number of amides is 2. The second-order valence-corrected chi connectivity index (χ2v) is 8.94. The maximum atomic E-state index is 13.3. The summed E-state index contributed by atoms with van der Waals surface area (Å²) in [5, 5.41) is 7.70. The minimum absolute atomic E-state index is 0.0661. The van der Waals surface area contributed by atoms with Gasteiger partial charge >= 0.3 is 0 Å². The van der Waals surface area contributed by atoms with Crippen LogP contribution in [0.3, 0.4) is 0 Å². The molecule has 2 heterocycles. The summed E-state index contributed by atoms with van der Waals surface area (Å²) in [4.78, 5) is 32.3. The Balaban J connectivity index is 1.50. The molecule has 5 rings (SSSR count). The molecule has 7 heteroatoms. The Morgan fingerprint density at radius 3 is 2.56 bits per heavy atom. The Morgan fingerprint density at radius 1 is 1.09 bits per heavy atom. The van der Waals surface area contributed by atoms with Crippen molar-refractivity contribution in [1.82, 2.24) is 20.1 Å². The Hall–Kier alpha value is -3.48. The zero-order chi connectivity index (χ0) is 22.2. The van der Waals surface area contributed by atoms with E-state index >= 15 is 0 Å². The van der Waals surface area contributed by atoms with Crippen LogP contribution in [0.2, 0.25) is 0 Å². The second-order valence-electron chi connectivity index (χ2n) is 8.94. The Kier molecular flexibility index (Phi) is 5.25. The molecule has 1 saturated carbocycles. The first kappa shape index (κ1) is 20.4. The lowest BCUT2D eigenvalue weighted by atomic mass is 9.98. The highest BCUT2D eigenvalue weighted by Crippen LogP contribution is 2.40. The summed E-state index contributed by atoms with van der Waals surface area (Å²) in [6.45, 7) is 5.26. The zero-order valence-electron chi connectivity index (χ0n) is 18.4. The van der Waals surface area contributed by atoms with E-state index in [1.807, 2.05) is 47.1 Å². The molecule has 2 aliphatic rings. The highest BCUT2D eigenvalue weighted by Gasteiger charge is 2.36. The molecule has 1 aliphatic carbocycles. The normalized spacial score (nSPS) is 17.5. The average Bonchev–Trinajstić information content (AvgIpc) is 3.37. The van der Waals surface area contributed by atoms with Gasteiger partial charge in [-0.15, -0.1) is 0 Å². The highest BCUT2D eigenvalue weighted by atomic mass is 16.2. The summed E-state index contributed by atoms with van der Waals surface area (Å²) >= 11 is 0. The van der Waals surface area contributed by atoms with Crippen LogP contribution < -0.4 is 10.2 Å². The van der Waals surface area contributed by atoms with E-state index in [2.05, 4.69) is 29.2 Å². The summed E-state index contributed by atoms with van der Waals surface area (Å²) in [6, 6.07) is 15.0. The van der Waals surface area contributed by atoms with Crippen molar-refractivity contribution in [2.75, 3.05) is 18.0 Å². The third-order valence-corrected chi connectivity index (χ3v) is 6.20. The number of carbonyl (C=O) groups excluding carboxylic acids is 2. The van der Waals surface area contributed by atoms with Gasteiger partial charge in [0.25, 0.3) is 11.8 Å². The Morgan fingerprint density at radius 2 is 1.88 bits per heavy atom. The number of rotatable bonds is 6. The lowest BCUT2D eigenvalue weighted by Crippen LogP contribution is -2.30. The molecule has 3 aromatic rings. The highest BCUT2D eigenvalue weighted by molar-refractivity contribution is 6.08. The molecule has 1 atom stereocenters. The summed E-state index contributed by atoms with van der Waals surface area (Å²) in [6.07, 6.45) is 4.11. The van der Waals surface area contributed by atoms with Crippen LogP contribution in [0.1, 0.15) is 70.8 Å². The minimum atomic E-state index is -0.186. The van der Waals surface area contributed by atoms with E-state index in [-0.39, 0.29) is 23.8 Å². The summed E-state index contributed by atoms with van der Waals surface area (Å²) in [7, 11) is 0. The van der Waals surface area contributed by atoms with Gasteiger partial charge in [-0.3, -0.25) is 14.3 Å². The lowest BCUT2D eigenvalue weighted by molar-refractivity contribution is 0.0950. The maximum Gasteiger partial charge on any atom is 0.258 e. The predicted octanol–water partition coefficient (Wildman–Crippen LogP) is 3.79. The van der Waals surface area contributed by atoms with Gasteiger partial charge in [0.05, 0.1) is 5.92 Å². The maximum absolute atomic E-state index is 13.3. The first-order valence-electron chi connectivity index (χ1n) is 11.2. The van der Waals surface area contributed by atoms with Gasteiger partial charge in [0, 0.05) is 35.9 Å². The zero-order valence-corrected chi connectivity index (χ0v) is 18.4. The van der Waals surface area contributed by atoms with E-state index in [9.17, 15) is 9.59 Å². The second kappa shape index (κ2) is 8.22. The molecule has 32 heavy (non-hydrogen) atoms. The fourth-order valence-corrected chi connectivity index (χ4v) is 4.11. The van der Waals surface area contributed by atoms with E-state index in [0.717, 1.165) is 17.8 Å². The molecule has 1 aliphatic heterocycles. The lowest BCUT2D eigenvalue weighted by Gasteiger charge is -2.18. The van der Waals surface area contributed by atoms with E-state index in [1.165, 1.54) is 12.8 Å². The van der Waals surface area contributed by atoms with E-state index in [0.29, 0.717) is 29.4 Å². The van der Waals surface area contributed by atoms with Gasteiger partial charge < -0.3 is 10.2 Å². The van der Waals surface area contributed by atoms with Gasteiger partial charge in [0.2, 0.25) is 0 Å². The number of hydrogen-bond donors (Lipinski definition) is 1. The number of fused-ring (bicyclic) bond motifs is 1. The van der Waals surface area contributed by atoms with Gasteiger partial charge in [0.15, 0.2) is 5.82 Å². The van der Waals surface area contributed by atoms with E-state index < -0.39 is 0 Å². The van der Waals surface area contributed by atoms with E-state index in [4.69, 9.17) is 0 Å². The number of hydrogen-bond acceptors (Lipinski definition) is 4. The summed E-state index contributed by atoms with van der Waals surface area (Å²) in [5.41, 5.74) is 2.95. The molecule has 1 aromatic heterocycles. The number of benzene rings is 2. The SMILES string of the molecule is CC(C)n1cnc([C@H]2CN(C(=O)c3ccccc3)c3ccc(C(=O)NCC4CC4)cc32)n1. The minimum Gasteiger partial charge on any atom is -0.352 e. The first-order chi connectivity index (χ1) is 15.5. The molecular formula is C25H27N5O2. The third-order valence-electron chi connectivity index (χ3n) is 6.20. The molecule has 0 bridgehead atoms. The van der Waals surface area contributed by atoms with Gasteiger partial charge in [-0.1, -0.05) is 18.2 Å². The van der Waals surface area contributed by atoms with Crippen molar-refractivity contribution >= 4 is 17.5 Å².